The first kappa shape index (κ1) is 18.2. The number of carbonyl (C=O) groups excluding carboxylic acids is 1. The summed E-state index contributed by atoms with van der Waals surface area (Å²) in [7, 11) is -3.76. The second-order valence-electron chi connectivity index (χ2n) is 5.38. The Morgan fingerprint density at radius 3 is 2.30 bits per heavy atom. The number of benzene rings is 2. The summed E-state index contributed by atoms with van der Waals surface area (Å²) in [6, 6.07) is 15.0. The largest absolute Gasteiger partial charge is 0.507 e. The van der Waals surface area contributed by atoms with Crippen molar-refractivity contribution in [2.45, 2.75) is 4.90 Å². The lowest BCUT2D eigenvalue weighted by atomic mass is 10.2. The summed E-state index contributed by atoms with van der Waals surface area (Å²) >= 11 is 0. The summed E-state index contributed by atoms with van der Waals surface area (Å²) in [4.78, 5) is 14.7. The van der Waals surface area contributed by atoms with Crippen LogP contribution in [0.15, 0.2) is 82.0 Å². The van der Waals surface area contributed by atoms with Crippen molar-refractivity contribution >= 4 is 33.5 Å². The molecule has 0 aliphatic rings. The van der Waals surface area contributed by atoms with E-state index in [1.807, 2.05) is 0 Å². The van der Waals surface area contributed by atoms with E-state index in [0.717, 1.165) is 0 Å². The van der Waals surface area contributed by atoms with E-state index in [4.69, 9.17) is 0 Å². The fourth-order valence-electron chi connectivity index (χ4n) is 2.12. The van der Waals surface area contributed by atoms with Crippen molar-refractivity contribution in [2.24, 2.45) is 10.2 Å². The Balaban J connectivity index is 1.75. The van der Waals surface area contributed by atoms with E-state index in [0.29, 0.717) is 17.7 Å². The van der Waals surface area contributed by atoms with E-state index in [1.54, 1.807) is 18.2 Å². The van der Waals surface area contributed by atoms with Gasteiger partial charge < -0.3 is 5.11 Å². The molecule has 2 aromatic carbocycles. The van der Waals surface area contributed by atoms with Crippen LogP contribution in [0.2, 0.25) is 0 Å². The molecule has 0 aliphatic carbocycles. The normalized spacial score (nSPS) is 11.4. The van der Waals surface area contributed by atoms with E-state index in [-0.39, 0.29) is 22.0 Å². The number of pyridine rings is 1. The highest BCUT2D eigenvalue weighted by Crippen LogP contribution is 2.25. The summed E-state index contributed by atoms with van der Waals surface area (Å²) < 4.78 is 27.0. The lowest BCUT2D eigenvalue weighted by Gasteiger charge is -2.06. The molecule has 9 heteroatoms. The summed E-state index contributed by atoms with van der Waals surface area (Å²) in [5, 5.41) is 17.5. The maximum atomic E-state index is 12.3. The van der Waals surface area contributed by atoms with Gasteiger partial charge in [-0.2, -0.15) is 10.2 Å². The summed E-state index contributed by atoms with van der Waals surface area (Å²) in [5.74, 6) is 0.0309. The third kappa shape index (κ3) is 4.53. The number of anilines is 1. The van der Waals surface area contributed by atoms with Gasteiger partial charge in [0, 0.05) is 12.3 Å². The number of hydrogen-bond acceptors (Lipinski definition) is 7. The number of hydrogen-bond donors (Lipinski definition) is 2. The molecule has 27 heavy (non-hydrogen) atoms. The first-order valence-electron chi connectivity index (χ1n) is 7.72. The van der Waals surface area contributed by atoms with Crippen LogP contribution in [0, 0.1) is 0 Å². The van der Waals surface area contributed by atoms with Crippen LogP contribution in [-0.4, -0.2) is 24.8 Å². The molecule has 2 N–H and O–H groups in total. The van der Waals surface area contributed by atoms with Gasteiger partial charge in [0.2, 0.25) is 0 Å². The van der Waals surface area contributed by atoms with Crippen molar-refractivity contribution in [3.63, 3.8) is 0 Å². The Kier molecular flexibility index (Phi) is 5.23. The molecule has 136 valence electrons. The summed E-state index contributed by atoms with van der Waals surface area (Å²) in [6.07, 6.45) is 2.02. The Hall–Kier alpha value is -3.59. The van der Waals surface area contributed by atoms with E-state index in [2.05, 4.69) is 19.9 Å². The first-order valence-corrected chi connectivity index (χ1v) is 9.20. The summed E-state index contributed by atoms with van der Waals surface area (Å²) in [6.45, 7) is 0. The highest BCUT2D eigenvalue weighted by Gasteiger charge is 2.14. The number of phenolic OH excluding ortho intramolecular Hbond substituents is 1. The van der Waals surface area contributed by atoms with E-state index >= 15 is 0 Å². The van der Waals surface area contributed by atoms with E-state index < -0.39 is 10.0 Å². The van der Waals surface area contributed by atoms with Crippen LogP contribution >= 0.6 is 0 Å². The Labute approximate surface area is 155 Å². The van der Waals surface area contributed by atoms with Gasteiger partial charge in [-0.3, -0.25) is 9.52 Å². The molecule has 0 bridgehead atoms. The monoisotopic (exact) mass is 382 g/mol. The minimum absolute atomic E-state index is 0.0556. The van der Waals surface area contributed by atoms with Gasteiger partial charge in [-0.1, -0.05) is 6.07 Å². The second kappa shape index (κ2) is 7.75. The summed E-state index contributed by atoms with van der Waals surface area (Å²) in [5.41, 5.74) is 0.932. The lowest BCUT2D eigenvalue weighted by Crippen LogP contribution is -2.13. The van der Waals surface area contributed by atoms with Crippen molar-refractivity contribution in [3.8, 4) is 5.75 Å². The van der Waals surface area contributed by atoms with Crippen LogP contribution in [0.4, 0.5) is 17.2 Å². The smallest absolute Gasteiger partial charge is 0.263 e. The maximum Gasteiger partial charge on any atom is 0.263 e. The average Bonchev–Trinajstić information content (AvgIpc) is 2.67. The first-order chi connectivity index (χ1) is 13.0. The van der Waals surface area contributed by atoms with Gasteiger partial charge in [0.15, 0.2) is 6.29 Å². The molecule has 0 atom stereocenters. The van der Waals surface area contributed by atoms with Gasteiger partial charge in [0.1, 0.15) is 11.6 Å². The molecule has 0 fully saturated rings. The number of rotatable bonds is 6. The number of azo groups is 1. The molecule has 0 aliphatic heterocycles. The Bertz CT molecular complexity index is 1080. The third-order valence-electron chi connectivity index (χ3n) is 3.47. The highest BCUT2D eigenvalue weighted by molar-refractivity contribution is 7.92. The molecule has 0 unspecified atom stereocenters. The quantitative estimate of drug-likeness (QED) is 0.496. The number of carbonyl (C=O) groups is 1. The number of nitrogens with zero attached hydrogens (tertiary/aromatic N) is 3. The number of nitrogens with one attached hydrogen (secondary N) is 1. The van der Waals surface area contributed by atoms with Crippen molar-refractivity contribution in [3.05, 3.63) is 72.4 Å². The number of phenols is 1. The highest BCUT2D eigenvalue weighted by atomic mass is 32.2. The zero-order valence-corrected chi connectivity index (χ0v) is 14.7. The van der Waals surface area contributed by atoms with Gasteiger partial charge in [-0.25, -0.2) is 13.4 Å². The van der Waals surface area contributed by atoms with Crippen molar-refractivity contribution in [1.29, 1.82) is 0 Å². The zero-order chi connectivity index (χ0) is 19.3. The molecule has 1 heterocycles. The van der Waals surface area contributed by atoms with Crippen LogP contribution in [-0.2, 0) is 10.0 Å². The van der Waals surface area contributed by atoms with E-state index in [1.165, 1.54) is 48.7 Å². The molecular weight excluding hydrogens is 368 g/mol. The number of aromatic hydroxyl groups is 1. The predicted molar refractivity (Wildman–Crippen MR) is 99.2 cm³/mol. The molecule has 1 aromatic heterocycles. The lowest BCUT2D eigenvalue weighted by molar-refractivity contribution is 0.112. The molecular formula is C18H14N4O4S. The molecule has 0 amide bonds. The molecule has 0 saturated carbocycles. The maximum absolute atomic E-state index is 12.3. The Morgan fingerprint density at radius 1 is 0.963 bits per heavy atom. The number of aldehydes is 1. The number of aromatic nitrogens is 1. The zero-order valence-electron chi connectivity index (χ0n) is 13.9. The second-order valence-corrected chi connectivity index (χ2v) is 7.06. The average molecular weight is 382 g/mol. The minimum Gasteiger partial charge on any atom is -0.507 e. The minimum atomic E-state index is -3.76. The van der Waals surface area contributed by atoms with Gasteiger partial charge in [0.25, 0.3) is 10.0 Å². The fraction of sp³-hybridized carbons (Fsp3) is 0. The predicted octanol–water partition coefficient (Wildman–Crippen LogP) is 3.82. The van der Waals surface area contributed by atoms with Crippen LogP contribution < -0.4 is 4.72 Å². The molecule has 0 radical (unpaired) electrons. The standard InChI is InChI=1S/C18H14N4O4S/c23-12-13-4-5-15(11-17(13)24)21-20-14-6-8-16(9-7-14)27(25,26)22-18-3-1-2-10-19-18/h1-12,24H,(H,19,22). The SMILES string of the molecule is O=Cc1ccc(N=Nc2ccc(S(=O)(=O)Nc3ccccn3)cc2)cc1O. The van der Waals surface area contributed by atoms with Gasteiger partial charge >= 0.3 is 0 Å². The van der Waals surface area contributed by atoms with Crippen molar-refractivity contribution in [1.82, 2.24) is 4.98 Å². The van der Waals surface area contributed by atoms with E-state index in [9.17, 15) is 18.3 Å². The van der Waals surface area contributed by atoms with Crippen LogP contribution in [0.3, 0.4) is 0 Å². The third-order valence-corrected chi connectivity index (χ3v) is 4.84. The fourth-order valence-corrected chi connectivity index (χ4v) is 3.13. The van der Waals surface area contributed by atoms with Crippen LogP contribution in [0.25, 0.3) is 0 Å². The molecule has 3 aromatic rings. The topological polar surface area (TPSA) is 121 Å². The van der Waals surface area contributed by atoms with Crippen molar-refractivity contribution < 1.29 is 18.3 Å². The molecule has 8 nitrogen and oxygen atoms in total. The van der Waals surface area contributed by atoms with Gasteiger partial charge in [0.05, 0.1) is 21.8 Å². The number of sulfonamides is 1. The van der Waals surface area contributed by atoms with Crippen LogP contribution in [0.5, 0.6) is 5.75 Å². The molecule has 3 rings (SSSR count). The molecule has 0 saturated heterocycles. The molecule has 0 spiro atoms. The van der Waals surface area contributed by atoms with Crippen molar-refractivity contribution in [2.75, 3.05) is 4.72 Å². The Morgan fingerprint density at radius 2 is 1.67 bits per heavy atom. The van der Waals surface area contributed by atoms with Gasteiger partial charge in [-0.05, 0) is 48.5 Å². The van der Waals surface area contributed by atoms with Crippen LogP contribution in [0.1, 0.15) is 10.4 Å². The van der Waals surface area contributed by atoms with Gasteiger partial charge in [-0.15, -0.1) is 0 Å².